The lowest BCUT2D eigenvalue weighted by Crippen LogP contribution is -2.12. The molecule has 0 saturated heterocycles. The maximum Gasteiger partial charge on any atom is 0.171 e. The standard InChI is InChI=1S/C16H36P.C2H5O3P/c1-5-9-13-17(14-10-6-2,15-11-7-3)16-12-8-4;1-2-5-6(3)4/h5-16H2,1-4H3;2,6H,1H2,(H,3,4)/q+1;/p-1. The topological polar surface area (TPSA) is 49.4 Å². The Hall–Kier alpha value is 0.160. The first-order valence-corrected chi connectivity index (χ1v) is 13.1. The summed E-state index contributed by atoms with van der Waals surface area (Å²) < 4.78 is 13.2. The summed E-state index contributed by atoms with van der Waals surface area (Å²) in [4.78, 5) is 9.38. The van der Waals surface area contributed by atoms with Crippen LogP contribution < -0.4 is 4.89 Å². The van der Waals surface area contributed by atoms with E-state index in [0.717, 1.165) is 6.26 Å². The third-order valence-corrected chi connectivity index (χ3v) is 9.54. The van der Waals surface area contributed by atoms with Crippen LogP contribution in [0, 0.1) is 0 Å². The highest BCUT2D eigenvalue weighted by molar-refractivity contribution is 7.75. The van der Waals surface area contributed by atoms with Crippen LogP contribution in [0.4, 0.5) is 0 Å². The molecule has 0 aliphatic rings. The van der Waals surface area contributed by atoms with Gasteiger partial charge >= 0.3 is 0 Å². The molecule has 0 rings (SSSR count). The Morgan fingerprint density at radius 2 is 1.17 bits per heavy atom. The molecule has 0 N–H and O–H groups in total. The minimum Gasteiger partial charge on any atom is -0.771 e. The van der Waals surface area contributed by atoms with Crippen LogP contribution in [0.25, 0.3) is 0 Å². The molecule has 0 bridgehead atoms. The highest BCUT2D eigenvalue weighted by atomic mass is 31.2. The number of hydrogen-bond donors (Lipinski definition) is 0. The van der Waals surface area contributed by atoms with Crippen molar-refractivity contribution in [3.63, 3.8) is 0 Å². The van der Waals surface area contributed by atoms with Gasteiger partial charge in [-0.3, -0.25) is 4.57 Å². The Labute approximate surface area is 146 Å². The fourth-order valence-electron chi connectivity index (χ4n) is 2.71. The molecular formula is C18H40O3P2. The zero-order valence-corrected chi connectivity index (χ0v) is 17.8. The van der Waals surface area contributed by atoms with Gasteiger partial charge in [-0.15, -0.1) is 0 Å². The summed E-state index contributed by atoms with van der Waals surface area (Å²) >= 11 is 0. The van der Waals surface area contributed by atoms with E-state index >= 15 is 0 Å². The van der Waals surface area contributed by atoms with Gasteiger partial charge in [0.15, 0.2) is 8.25 Å². The molecule has 5 heteroatoms. The van der Waals surface area contributed by atoms with Crippen molar-refractivity contribution in [1.82, 2.24) is 0 Å². The molecule has 0 amide bonds. The fraction of sp³-hybridized carbons (Fsp3) is 0.889. The smallest absolute Gasteiger partial charge is 0.171 e. The molecule has 0 heterocycles. The maximum atomic E-state index is 9.38. The van der Waals surface area contributed by atoms with Crippen molar-refractivity contribution in [2.45, 2.75) is 79.1 Å². The Bertz CT molecular complexity index is 246. The van der Waals surface area contributed by atoms with E-state index in [2.05, 4.69) is 38.8 Å². The largest absolute Gasteiger partial charge is 0.771 e. The monoisotopic (exact) mass is 366 g/mol. The van der Waals surface area contributed by atoms with E-state index in [1.54, 1.807) is 24.6 Å². The second-order valence-electron chi connectivity index (χ2n) is 6.18. The van der Waals surface area contributed by atoms with Gasteiger partial charge in [0.2, 0.25) is 0 Å². The van der Waals surface area contributed by atoms with Gasteiger partial charge in [0.25, 0.3) is 0 Å². The van der Waals surface area contributed by atoms with Crippen LogP contribution in [0.2, 0.25) is 0 Å². The van der Waals surface area contributed by atoms with Gasteiger partial charge in [-0.05, 0) is 25.7 Å². The molecule has 0 aromatic carbocycles. The summed E-state index contributed by atoms with van der Waals surface area (Å²) in [6.07, 6.45) is 18.8. The van der Waals surface area contributed by atoms with Crippen LogP contribution in [0.5, 0.6) is 0 Å². The summed E-state index contributed by atoms with van der Waals surface area (Å²) in [5.41, 5.74) is 0. The Kier molecular flexibility index (Phi) is 20.4. The summed E-state index contributed by atoms with van der Waals surface area (Å²) in [6, 6.07) is 0. The van der Waals surface area contributed by atoms with E-state index in [9.17, 15) is 9.46 Å². The van der Waals surface area contributed by atoms with Crippen LogP contribution in [0.15, 0.2) is 12.8 Å². The summed E-state index contributed by atoms with van der Waals surface area (Å²) in [6.45, 7) is 12.4. The predicted octanol–water partition coefficient (Wildman–Crippen LogP) is 6.10. The maximum absolute atomic E-state index is 9.38. The number of hydrogen-bond acceptors (Lipinski definition) is 3. The summed E-state index contributed by atoms with van der Waals surface area (Å²) in [5.74, 6) is 0. The second kappa shape index (κ2) is 18.5. The molecule has 0 fully saturated rings. The van der Waals surface area contributed by atoms with Crippen molar-refractivity contribution in [1.29, 1.82) is 0 Å². The number of unbranched alkanes of at least 4 members (excludes halogenated alkanes) is 4. The first kappa shape index (κ1) is 25.4. The molecule has 3 nitrogen and oxygen atoms in total. The van der Waals surface area contributed by atoms with Gasteiger partial charge in [0.05, 0.1) is 30.9 Å². The highest BCUT2D eigenvalue weighted by Gasteiger charge is 2.34. The molecule has 1 unspecified atom stereocenters. The molecule has 1 atom stereocenters. The highest BCUT2D eigenvalue weighted by Crippen LogP contribution is 2.61. The zero-order chi connectivity index (χ0) is 18.0. The van der Waals surface area contributed by atoms with E-state index in [0.29, 0.717) is 0 Å². The van der Waals surface area contributed by atoms with Gasteiger partial charge in [0, 0.05) is 7.26 Å². The van der Waals surface area contributed by atoms with Crippen LogP contribution in [-0.2, 0) is 9.09 Å². The Balaban J connectivity index is 0. The molecule has 0 spiro atoms. The number of rotatable bonds is 14. The molecule has 0 radical (unpaired) electrons. The fourth-order valence-corrected chi connectivity index (χ4v) is 8.14. The first-order chi connectivity index (χ1) is 11.0. The van der Waals surface area contributed by atoms with Crippen LogP contribution >= 0.6 is 15.5 Å². The summed E-state index contributed by atoms with van der Waals surface area (Å²) in [7, 11) is -3.57. The molecule has 0 saturated carbocycles. The van der Waals surface area contributed by atoms with Crippen molar-refractivity contribution in [2.75, 3.05) is 24.6 Å². The van der Waals surface area contributed by atoms with Crippen molar-refractivity contribution >= 4 is 15.5 Å². The molecule has 0 aliphatic heterocycles. The summed E-state index contributed by atoms with van der Waals surface area (Å²) in [5, 5.41) is 0. The van der Waals surface area contributed by atoms with E-state index in [1.165, 1.54) is 51.4 Å². The minimum absolute atomic E-state index is 0.562. The van der Waals surface area contributed by atoms with Gasteiger partial charge in [-0.2, -0.15) is 0 Å². The average molecular weight is 366 g/mol. The molecule has 0 aliphatic carbocycles. The van der Waals surface area contributed by atoms with Gasteiger partial charge in [0.1, 0.15) is 0 Å². The zero-order valence-electron chi connectivity index (χ0n) is 15.9. The van der Waals surface area contributed by atoms with Crippen molar-refractivity contribution in [2.24, 2.45) is 0 Å². The van der Waals surface area contributed by atoms with Crippen LogP contribution in [0.1, 0.15) is 79.1 Å². The van der Waals surface area contributed by atoms with Gasteiger partial charge < -0.3 is 9.42 Å². The van der Waals surface area contributed by atoms with Crippen molar-refractivity contribution in [3.8, 4) is 0 Å². The van der Waals surface area contributed by atoms with Gasteiger partial charge in [-0.1, -0.05) is 60.0 Å². The third-order valence-electron chi connectivity index (χ3n) is 4.12. The van der Waals surface area contributed by atoms with Gasteiger partial charge in [-0.25, -0.2) is 0 Å². The van der Waals surface area contributed by atoms with E-state index in [4.69, 9.17) is 0 Å². The SMILES string of the molecule is C=CO[PH](=O)[O-].CCCC[P+](CCCC)(CCCC)CCCC. The van der Waals surface area contributed by atoms with Crippen LogP contribution in [-0.4, -0.2) is 24.6 Å². The lowest BCUT2D eigenvalue weighted by Gasteiger charge is -2.28. The molecule has 0 aromatic heterocycles. The molecule has 23 heavy (non-hydrogen) atoms. The van der Waals surface area contributed by atoms with E-state index < -0.39 is 15.5 Å². The minimum atomic E-state index is -3.00. The molecule has 0 aromatic rings. The predicted molar refractivity (Wildman–Crippen MR) is 106 cm³/mol. The Morgan fingerprint density at radius 1 is 0.870 bits per heavy atom. The average Bonchev–Trinajstić information content (AvgIpc) is 2.54. The molecule has 140 valence electrons. The normalized spacial score (nSPS) is 12.2. The Morgan fingerprint density at radius 3 is 1.30 bits per heavy atom. The first-order valence-electron chi connectivity index (χ1n) is 9.35. The third kappa shape index (κ3) is 16.8. The quantitative estimate of drug-likeness (QED) is 0.276. The second-order valence-corrected chi connectivity index (χ2v) is 11.4. The van der Waals surface area contributed by atoms with Crippen LogP contribution in [0.3, 0.4) is 0 Å². The van der Waals surface area contributed by atoms with E-state index in [-0.39, 0.29) is 0 Å². The lowest BCUT2D eigenvalue weighted by atomic mass is 10.4. The lowest BCUT2D eigenvalue weighted by molar-refractivity contribution is -0.181. The van der Waals surface area contributed by atoms with Crippen molar-refractivity contribution < 1.29 is 14.0 Å². The van der Waals surface area contributed by atoms with E-state index in [1.807, 2.05) is 0 Å². The van der Waals surface area contributed by atoms with Crippen molar-refractivity contribution in [3.05, 3.63) is 12.8 Å². The molecular weight excluding hydrogens is 326 g/mol.